The number of amides is 2. The summed E-state index contributed by atoms with van der Waals surface area (Å²) in [5.41, 5.74) is -0.0392. The second kappa shape index (κ2) is 10.1. The van der Waals surface area contributed by atoms with Crippen molar-refractivity contribution in [2.75, 3.05) is 17.7 Å². The number of benzene rings is 3. The molecule has 9 heteroatoms. The number of rotatable bonds is 7. The maximum Gasteiger partial charge on any atom is 0.416 e. The molecule has 0 heterocycles. The smallest absolute Gasteiger partial charge is 0.416 e. The third-order valence-electron chi connectivity index (χ3n) is 4.57. The fraction of sp³-hybridized carbons (Fsp3) is 0.167. The van der Waals surface area contributed by atoms with Gasteiger partial charge in [0, 0.05) is 12.5 Å². The highest BCUT2D eigenvalue weighted by Crippen LogP contribution is 2.35. The summed E-state index contributed by atoms with van der Waals surface area (Å²) in [6.07, 6.45) is -4.62. The van der Waals surface area contributed by atoms with Crippen LogP contribution in [0.5, 0.6) is 11.5 Å². The Morgan fingerprint density at radius 1 is 0.879 bits per heavy atom. The van der Waals surface area contributed by atoms with E-state index in [1.54, 1.807) is 0 Å². The lowest BCUT2D eigenvalue weighted by Crippen LogP contribution is -2.16. The first-order valence-electron chi connectivity index (χ1n) is 9.82. The molecule has 2 amide bonds. The molecule has 0 saturated carbocycles. The van der Waals surface area contributed by atoms with Crippen molar-refractivity contribution >= 4 is 23.2 Å². The van der Waals surface area contributed by atoms with Crippen molar-refractivity contribution in [3.8, 4) is 11.5 Å². The number of halogens is 3. The van der Waals surface area contributed by atoms with Gasteiger partial charge in [-0.3, -0.25) is 9.59 Å². The fourth-order valence-corrected chi connectivity index (χ4v) is 2.98. The van der Waals surface area contributed by atoms with Crippen molar-refractivity contribution in [1.82, 2.24) is 0 Å². The molecule has 0 aliphatic heterocycles. The molecule has 0 aliphatic carbocycles. The second-order valence-corrected chi connectivity index (χ2v) is 7.03. The van der Waals surface area contributed by atoms with Crippen LogP contribution in [0.3, 0.4) is 0 Å². The maximum atomic E-state index is 13.1. The molecule has 0 fully saturated rings. The van der Waals surface area contributed by atoms with E-state index in [1.807, 2.05) is 30.3 Å². The van der Waals surface area contributed by atoms with Gasteiger partial charge < -0.3 is 20.1 Å². The van der Waals surface area contributed by atoms with Gasteiger partial charge in [-0.15, -0.1) is 0 Å². The Morgan fingerprint density at radius 3 is 2.24 bits per heavy atom. The molecule has 0 atom stereocenters. The summed E-state index contributed by atoms with van der Waals surface area (Å²) >= 11 is 0. The number of nitrogens with one attached hydrogen (secondary N) is 2. The molecular formula is C24H21F3N2O4. The largest absolute Gasteiger partial charge is 0.493 e. The Balaban J connectivity index is 1.82. The Morgan fingerprint density at radius 2 is 1.61 bits per heavy atom. The summed E-state index contributed by atoms with van der Waals surface area (Å²) in [4.78, 5) is 24.2. The van der Waals surface area contributed by atoms with Gasteiger partial charge in [-0.2, -0.15) is 13.2 Å². The summed E-state index contributed by atoms with van der Waals surface area (Å²) in [5, 5.41) is 4.83. The van der Waals surface area contributed by atoms with E-state index in [0.717, 1.165) is 23.8 Å². The molecule has 3 rings (SSSR count). The lowest BCUT2D eigenvalue weighted by molar-refractivity contribution is -0.137. The maximum absolute atomic E-state index is 13.1. The minimum Gasteiger partial charge on any atom is -0.493 e. The van der Waals surface area contributed by atoms with Crippen LogP contribution in [-0.4, -0.2) is 18.9 Å². The normalized spacial score (nSPS) is 10.9. The monoisotopic (exact) mass is 458 g/mol. The summed E-state index contributed by atoms with van der Waals surface area (Å²) < 4.78 is 50.4. The van der Waals surface area contributed by atoms with Crippen LogP contribution in [-0.2, 0) is 17.6 Å². The summed E-state index contributed by atoms with van der Waals surface area (Å²) in [7, 11) is 1.41. The van der Waals surface area contributed by atoms with E-state index in [9.17, 15) is 22.8 Å². The Hall–Kier alpha value is -4.01. The predicted octanol–water partition coefficient (Wildman–Crippen LogP) is 5.50. The van der Waals surface area contributed by atoms with E-state index in [-0.39, 0.29) is 29.3 Å². The molecule has 0 aromatic heterocycles. The SMILES string of the molecule is COc1cc(C(=O)Nc2cc(C(F)(F)F)ccc2NC(C)=O)ccc1OCc1ccccc1. The number of carbonyl (C=O) groups excluding carboxylic acids is 2. The topological polar surface area (TPSA) is 76.7 Å². The second-order valence-electron chi connectivity index (χ2n) is 7.03. The van der Waals surface area contributed by atoms with Crippen LogP contribution in [0.15, 0.2) is 66.7 Å². The summed E-state index contributed by atoms with van der Waals surface area (Å²) in [5.74, 6) is -0.499. The highest BCUT2D eigenvalue weighted by Gasteiger charge is 2.31. The Labute approximate surface area is 188 Å². The molecular weight excluding hydrogens is 437 g/mol. The lowest BCUT2D eigenvalue weighted by Gasteiger charge is -2.16. The van der Waals surface area contributed by atoms with Gasteiger partial charge in [-0.25, -0.2) is 0 Å². The molecule has 0 saturated heterocycles. The number of methoxy groups -OCH3 is 1. The van der Waals surface area contributed by atoms with Crippen molar-refractivity contribution in [1.29, 1.82) is 0 Å². The standard InChI is InChI=1S/C24H21F3N2O4/c1-15(30)28-19-10-9-18(24(25,26)27)13-20(19)29-23(31)17-8-11-21(22(12-17)32-2)33-14-16-6-4-3-5-7-16/h3-13H,14H2,1-2H3,(H,28,30)(H,29,31). The summed E-state index contributed by atoms with van der Waals surface area (Å²) in [6.45, 7) is 1.50. The van der Waals surface area contributed by atoms with E-state index in [0.29, 0.717) is 5.75 Å². The molecule has 3 aromatic carbocycles. The molecule has 0 spiro atoms. The first-order chi connectivity index (χ1) is 15.7. The molecule has 0 bridgehead atoms. The fourth-order valence-electron chi connectivity index (χ4n) is 2.98. The van der Waals surface area contributed by atoms with Gasteiger partial charge >= 0.3 is 6.18 Å². The summed E-state index contributed by atoms with van der Waals surface area (Å²) in [6, 6.07) is 16.5. The van der Waals surface area contributed by atoms with Gasteiger partial charge in [0.2, 0.25) is 5.91 Å². The van der Waals surface area contributed by atoms with Crippen LogP contribution in [0, 0.1) is 0 Å². The van der Waals surface area contributed by atoms with Gasteiger partial charge in [0.15, 0.2) is 11.5 Å². The van der Waals surface area contributed by atoms with Crippen molar-refractivity contribution < 1.29 is 32.2 Å². The van der Waals surface area contributed by atoms with Crippen molar-refractivity contribution in [2.45, 2.75) is 19.7 Å². The molecule has 0 radical (unpaired) electrons. The minimum absolute atomic E-state index is 0.0404. The molecule has 3 aromatic rings. The van der Waals surface area contributed by atoms with E-state index in [1.165, 1.54) is 32.2 Å². The van der Waals surface area contributed by atoms with Crippen LogP contribution < -0.4 is 20.1 Å². The number of hydrogen-bond donors (Lipinski definition) is 2. The third kappa shape index (κ3) is 6.25. The Kier molecular flexibility index (Phi) is 7.22. The third-order valence-corrected chi connectivity index (χ3v) is 4.57. The number of ether oxygens (including phenoxy) is 2. The molecule has 2 N–H and O–H groups in total. The quantitative estimate of drug-likeness (QED) is 0.490. The van der Waals surface area contributed by atoms with E-state index in [2.05, 4.69) is 10.6 Å². The van der Waals surface area contributed by atoms with Crippen molar-refractivity contribution in [3.63, 3.8) is 0 Å². The highest BCUT2D eigenvalue weighted by molar-refractivity contribution is 6.07. The Bertz CT molecular complexity index is 1150. The van der Waals surface area contributed by atoms with Gasteiger partial charge in [0.05, 0.1) is 24.0 Å². The van der Waals surface area contributed by atoms with Crippen LogP contribution in [0.1, 0.15) is 28.4 Å². The van der Waals surface area contributed by atoms with Crippen LogP contribution in [0.2, 0.25) is 0 Å². The zero-order valence-corrected chi connectivity index (χ0v) is 17.8. The lowest BCUT2D eigenvalue weighted by atomic mass is 10.1. The predicted molar refractivity (Wildman–Crippen MR) is 117 cm³/mol. The first-order valence-corrected chi connectivity index (χ1v) is 9.82. The zero-order valence-electron chi connectivity index (χ0n) is 17.8. The average molecular weight is 458 g/mol. The van der Waals surface area contributed by atoms with Gasteiger partial charge in [-0.05, 0) is 42.0 Å². The molecule has 6 nitrogen and oxygen atoms in total. The van der Waals surface area contributed by atoms with E-state index in [4.69, 9.17) is 9.47 Å². The van der Waals surface area contributed by atoms with Gasteiger partial charge in [-0.1, -0.05) is 30.3 Å². The first kappa shape index (κ1) is 23.6. The molecule has 172 valence electrons. The van der Waals surface area contributed by atoms with Crippen LogP contribution >= 0.6 is 0 Å². The number of carbonyl (C=O) groups is 2. The highest BCUT2D eigenvalue weighted by atomic mass is 19.4. The van der Waals surface area contributed by atoms with Crippen LogP contribution in [0.4, 0.5) is 24.5 Å². The number of alkyl halides is 3. The van der Waals surface area contributed by atoms with Crippen molar-refractivity contribution in [2.24, 2.45) is 0 Å². The molecule has 0 unspecified atom stereocenters. The number of anilines is 2. The molecule has 0 aliphatic rings. The van der Waals surface area contributed by atoms with Crippen LogP contribution in [0.25, 0.3) is 0 Å². The average Bonchev–Trinajstić information content (AvgIpc) is 2.78. The number of hydrogen-bond acceptors (Lipinski definition) is 4. The van der Waals surface area contributed by atoms with Gasteiger partial charge in [0.1, 0.15) is 6.61 Å². The minimum atomic E-state index is -4.62. The molecule has 33 heavy (non-hydrogen) atoms. The van der Waals surface area contributed by atoms with E-state index >= 15 is 0 Å². The zero-order chi connectivity index (χ0) is 24.0. The van der Waals surface area contributed by atoms with Gasteiger partial charge in [0.25, 0.3) is 5.91 Å². The van der Waals surface area contributed by atoms with E-state index < -0.39 is 23.6 Å². The van der Waals surface area contributed by atoms with Crippen molar-refractivity contribution in [3.05, 3.63) is 83.4 Å².